The molecule has 0 atom stereocenters. The average Bonchev–Trinajstić information content (AvgIpc) is 1.27. The number of nitrogens with one attached hydrogen (secondary N) is 1. The van der Waals surface area contributed by atoms with Crippen molar-refractivity contribution < 1.29 is 0 Å². The van der Waals surface area contributed by atoms with Crippen molar-refractivity contribution in [2.75, 3.05) is 0 Å². The van der Waals surface area contributed by atoms with Crippen LogP contribution in [0, 0.1) is 6.04 Å². The fourth-order valence-corrected chi connectivity index (χ4v) is 0.577. The highest BCUT2D eigenvalue weighted by Gasteiger charge is 1.93. The average molecular weight is 100 g/mol. The minimum atomic E-state index is 0.588. The maximum Gasteiger partial charge on any atom is 0.0303 e. The van der Waals surface area contributed by atoms with E-state index in [1.54, 1.807) is 0 Å². The van der Waals surface area contributed by atoms with Crippen molar-refractivity contribution in [3.63, 3.8) is 0 Å². The summed E-state index contributed by atoms with van der Waals surface area (Å²) in [7, 11) is 0. The molecule has 0 heterocycles. The summed E-state index contributed by atoms with van der Waals surface area (Å²) < 4.78 is 0. The molecule has 0 spiro atoms. The second kappa shape index (κ2) is 3.03. The molecule has 1 N–H and O–H groups in total. The van der Waals surface area contributed by atoms with E-state index < -0.39 is 0 Å². The van der Waals surface area contributed by atoms with E-state index in [0.717, 1.165) is 0 Å². The van der Waals surface area contributed by atoms with Crippen LogP contribution in [0.3, 0.4) is 0 Å². The Morgan fingerprint density at radius 2 is 1.71 bits per heavy atom. The molecule has 0 aromatic heterocycles. The van der Waals surface area contributed by atoms with Crippen LogP contribution in [0.25, 0.3) is 0 Å². The SMILES string of the molecule is C[C](C)NC(C)C. The Morgan fingerprint density at radius 1 is 1.29 bits per heavy atom. The first-order chi connectivity index (χ1) is 3.13. The van der Waals surface area contributed by atoms with Crippen LogP contribution in [-0.4, -0.2) is 6.04 Å². The van der Waals surface area contributed by atoms with Crippen molar-refractivity contribution in [2.45, 2.75) is 33.7 Å². The predicted octanol–water partition coefficient (Wildman–Crippen LogP) is 1.56. The second-order valence-corrected chi connectivity index (χ2v) is 2.30. The van der Waals surface area contributed by atoms with E-state index in [9.17, 15) is 0 Å². The smallest absolute Gasteiger partial charge is 0.0303 e. The molecule has 0 aliphatic rings. The first kappa shape index (κ1) is 6.96. The van der Waals surface area contributed by atoms with Gasteiger partial charge in [-0.2, -0.15) is 0 Å². The molecule has 7 heavy (non-hydrogen) atoms. The second-order valence-electron chi connectivity index (χ2n) is 2.30. The minimum absolute atomic E-state index is 0.588. The molecule has 0 bridgehead atoms. The lowest BCUT2D eigenvalue weighted by Crippen LogP contribution is -2.23. The van der Waals surface area contributed by atoms with Crippen LogP contribution >= 0.6 is 0 Å². The number of hydrogen-bond acceptors (Lipinski definition) is 1. The summed E-state index contributed by atoms with van der Waals surface area (Å²) in [5.41, 5.74) is 0. The topological polar surface area (TPSA) is 12.0 Å². The van der Waals surface area contributed by atoms with Crippen LogP contribution in [0.1, 0.15) is 27.7 Å². The van der Waals surface area contributed by atoms with E-state index in [1.165, 1.54) is 6.04 Å². The van der Waals surface area contributed by atoms with Crippen LogP contribution in [0.2, 0.25) is 0 Å². The van der Waals surface area contributed by atoms with Crippen molar-refractivity contribution in [1.29, 1.82) is 0 Å². The maximum absolute atomic E-state index is 3.22. The lowest BCUT2D eigenvalue weighted by Gasteiger charge is -2.09. The molecule has 0 aromatic carbocycles. The summed E-state index contributed by atoms with van der Waals surface area (Å²) in [6.07, 6.45) is 0. The number of rotatable bonds is 2. The molecule has 0 aliphatic carbocycles. The minimum Gasteiger partial charge on any atom is -0.308 e. The van der Waals surface area contributed by atoms with Crippen molar-refractivity contribution in [2.24, 2.45) is 0 Å². The molecule has 0 amide bonds. The molecule has 0 aliphatic heterocycles. The Morgan fingerprint density at radius 3 is 1.71 bits per heavy atom. The standard InChI is InChI=1S/C6H14N/c1-5(2)7-6(3)4/h5,7H,1-4H3. The monoisotopic (exact) mass is 100 g/mol. The normalized spacial score (nSPS) is 11.1. The molecule has 1 nitrogen and oxygen atoms in total. The molecule has 0 saturated carbocycles. The molecule has 0 saturated heterocycles. The molecule has 0 rings (SSSR count). The van der Waals surface area contributed by atoms with Crippen molar-refractivity contribution in [3.05, 3.63) is 6.04 Å². The van der Waals surface area contributed by atoms with Crippen molar-refractivity contribution in [3.8, 4) is 0 Å². The van der Waals surface area contributed by atoms with E-state index in [0.29, 0.717) is 6.04 Å². The van der Waals surface area contributed by atoms with Crippen LogP contribution in [0.15, 0.2) is 0 Å². The first-order valence-electron chi connectivity index (χ1n) is 2.69. The zero-order valence-corrected chi connectivity index (χ0v) is 5.58. The Labute approximate surface area is 46.1 Å². The highest BCUT2D eigenvalue weighted by Crippen LogP contribution is 1.89. The largest absolute Gasteiger partial charge is 0.308 e. The van der Waals surface area contributed by atoms with E-state index in [-0.39, 0.29) is 0 Å². The number of hydrogen-bond donors (Lipinski definition) is 1. The third-order valence-electron chi connectivity index (χ3n) is 0.577. The van der Waals surface area contributed by atoms with Gasteiger partial charge in [0.1, 0.15) is 0 Å². The molecule has 0 aromatic rings. The zero-order chi connectivity index (χ0) is 5.86. The molecular formula is C6H14N. The summed E-state index contributed by atoms with van der Waals surface area (Å²) in [5, 5.41) is 3.22. The summed E-state index contributed by atoms with van der Waals surface area (Å²) in [4.78, 5) is 0. The zero-order valence-electron chi connectivity index (χ0n) is 5.58. The van der Waals surface area contributed by atoms with Crippen LogP contribution in [0.4, 0.5) is 0 Å². The van der Waals surface area contributed by atoms with Gasteiger partial charge in [-0.1, -0.05) is 13.8 Å². The Hall–Kier alpha value is -0.0400. The third kappa shape index (κ3) is 5.96. The molecule has 1 radical (unpaired) electrons. The molecule has 1 heteroatoms. The van der Waals surface area contributed by atoms with Crippen molar-refractivity contribution in [1.82, 2.24) is 5.32 Å². The molecule has 0 unspecified atom stereocenters. The molecule has 43 valence electrons. The van der Waals surface area contributed by atoms with Gasteiger partial charge in [0.15, 0.2) is 0 Å². The quantitative estimate of drug-likeness (QED) is 0.555. The third-order valence-corrected chi connectivity index (χ3v) is 0.577. The van der Waals surface area contributed by atoms with Gasteiger partial charge in [0.05, 0.1) is 0 Å². The van der Waals surface area contributed by atoms with E-state index in [4.69, 9.17) is 0 Å². The summed E-state index contributed by atoms with van der Waals surface area (Å²) in [5.74, 6) is 0. The first-order valence-corrected chi connectivity index (χ1v) is 2.69. The van der Waals surface area contributed by atoms with Crippen molar-refractivity contribution >= 4 is 0 Å². The lowest BCUT2D eigenvalue weighted by molar-refractivity contribution is 0.608. The summed E-state index contributed by atoms with van der Waals surface area (Å²) >= 11 is 0. The van der Waals surface area contributed by atoms with E-state index in [1.807, 2.05) is 0 Å². The van der Waals surface area contributed by atoms with Crippen LogP contribution in [0.5, 0.6) is 0 Å². The highest BCUT2D eigenvalue weighted by molar-refractivity contribution is 4.74. The Balaban J connectivity index is 2.95. The Bertz CT molecular complexity index is 33.4. The van der Waals surface area contributed by atoms with Crippen LogP contribution in [-0.2, 0) is 0 Å². The highest BCUT2D eigenvalue weighted by atomic mass is 14.9. The maximum atomic E-state index is 3.22. The lowest BCUT2D eigenvalue weighted by atomic mass is 10.3. The molecular weight excluding hydrogens is 86.1 g/mol. The van der Waals surface area contributed by atoms with E-state index >= 15 is 0 Å². The summed E-state index contributed by atoms with van der Waals surface area (Å²) in [6, 6.07) is 1.88. The molecule has 0 fully saturated rings. The van der Waals surface area contributed by atoms with E-state index in [2.05, 4.69) is 33.0 Å². The fourth-order valence-electron chi connectivity index (χ4n) is 0.577. The predicted molar refractivity (Wildman–Crippen MR) is 32.9 cm³/mol. The van der Waals surface area contributed by atoms with Gasteiger partial charge >= 0.3 is 0 Å². The van der Waals surface area contributed by atoms with Gasteiger partial charge < -0.3 is 5.32 Å². The Kier molecular flexibility index (Phi) is 3.01. The van der Waals surface area contributed by atoms with Gasteiger partial charge in [-0.15, -0.1) is 0 Å². The van der Waals surface area contributed by atoms with Gasteiger partial charge in [0.25, 0.3) is 0 Å². The van der Waals surface area contributed by atoms with Gasteiger partial charge in [0.2, 0.25) is 0 Å². The van der Waals surface area contributed by atoms with Gasteiger partial charge in [-0.05, 0) is 13.8 Å². The fraction of sp³-hybridized carbons (Fsp3) is 0.833. The van der Waals surface area contributed by atoms with Gasteiger partial charge in [-0.25, -0.2) is 0 Å². The summed E-state index contributed by atoms with van der Waals surface area (Å²) in [6.45, 7) is 8.40. The van der Waals surface area contributed by atoms with Gasteiger partial charge in [-0.3, -0.25) is 0 Å². The van der Waals surface area contributed by atoms with Crippen LogP contribution < -0.4 is 5.32 Å². The van der Waals surface area contributed by atoms with Gasteiger partial charge in [0, 0.05) is 12.1 Å².